The fourth-order valence-electron chi connectivity index (χ4n) is 2.84. The summed E-state index contributed by atoms with van der Waals surface area (Å²) in [7, 11) is -3.64. The smallest absolute Gasteiger partial charge is 0.255 e. The average Bonchev–Trinajstić information content (AvgIpc) is 3.29. The van der Waals surface area contributed by atoms with Gasteiger partial charge in [-0.2, -0.15) is 4.98 Å². The van der Waals surface area contributed by atoms with E-state index in [1.54, 1.807) is 43.3 Å². The molecule has 2 aromatic heterocycles. The molecule has 156 valence electrons. The summed E-state index contributed by atoms with van der Waals surface area (Å²) in [6, 6.07) is 21.4. The first-order valence-electron chi connectivity index (χ1n) is 9.50. The minimum absolute atomic E-state index is 0.398. The van der Waals surface area contributed by atoms with Crippen molar-refractivity contribution in [3.8, 4) is 17.4 Å². The third-order valence-electron chi connectivity index (χ3n) is 4.25. The van der Waals surface area contributed by atoms with Crippen LogP contribution >= 0.6 is 0 Å². The Morgan fingerprint density at radius 2 is 1.65 bits per heavy atom. The molecule has 2 heterocycles. The Morgan fingerprint density at radius 1 is 0.935 bits per heavy atom. The van der Waals surface area contributed by atoms with E-state index >= 15 is 0 Å². The number of nitrogens with zero attached hydrogens (tertiary/aromatic N) is 3. The lowest BCUT2D eigenvalue weighted by molar-refractivity contribution is 0.459. The van der Waals surface area contributed by atoms with Crippen LogP contribution in [-0.4, -0.2) is 23.0 Å². The predicted octanol–water partition coefficient (Wildman–Crippen LogP) is 4.78. The molecule has 8 heteroatoms. The third-order valence-corrected chi connectivity index (χ3v) is 5.26. The molecular formula is C23H20N4O3S. The highest BCUT2D eigenvalue weighted by Gasteiger charge is 2.08. The lowest BCUT2D eigenvalue weighted by Gasteiger charge is -2.09. The number of ether oxygens (including phenoxy) is 1. The summed E-state index contributed by atoms with van der Waals surface area (Å²) in [5.41, 5.74) is 1.23. The quantitative estimate of drug-likeness (QED) is 0.454. The minimum atomic E-state index is -3.64. The van der Waals surface area contributed by atoms with E-state index in [9.17, 15) is 8.42 Å². The standard InChI is InChI=1S/C23H20N4O3S/c1-18-24-22(27-14-5-6-15-27)17-23(25-18)30-21-11-9-20(10-12-21)26-31(28,29)16-13-19-7-3-2-4-8-19/h2-17,26H,1H3/b16-13+. The molecule has 0 fully saturated rings. The van der Waals surface area contributed by atoms with Crippen molar-refractivity contribution in [2.75, 3.05) is 4.72 Å². The van der Waals surface area contributed by atoms with Gasteiger partial charge in [0, 0.05) is 24.1 Å². The summed E-state index contributed by atoms with van der Waals surface area (Å²) in [5, 5.41) is 1.14. The Morgan fingerprint density at radius 3 is 2.35 bits per heavy atom. The van der Waals surface area contributed by atoms with E-state index in [2.05, 4.69) is 14.7 Å². The van der Waals surface area contributed by atoms with Gasteiger partial charge in [0.05, 0.1) is 5.41 Å². The molecule has 7 nitrogen and oxygen atoms in total. The van der Waals surface area contributed by atoms with Crippen molar-refractivity contribution in [3.05, 3.63) is 102 Å². The second kappa shape index (κ2) is 8.85. The number of hydrogen-bond donors (Lipinski definition) is 1. The monoisotopic (exact) mass is 432 g/mol. The number of aryl methyl sites for hydroxylation is 1. The number of benzene rings is 2. The fourth-order valence-corrected chi connectivity index (χ4v) is 3.71. The van der Waals surface area contributed by atoms with Crippen LogP contribution < -0.4 is 9.46 Å². The Hall–Kier alpha value is -3.91. The summed E-state index contributed by atoms with van der Waals surface area (Å²) >= 11 is 0. The van der Waals surface area contributed by atoms with Crippen LogP contribution in [0.25, 0.3) is 11.9 Å². The highest BCUT2D eigenvalue weighted by Crippen LogP contribution is 2.23. The second-order valence-electron chi connectivity index (χ2n) is 6.69. The van der Waals surface area contributed by atoms with E-state index in [0.717, 1.165) is 11.0 Å². The molecule has 4 rings (SSSR count). The van der Waals surface area contributed by atoms with Crippen molar-refractivity contribution in [1.29, 1.82) is 0 Å². The maximum atomic E-state index is 12.3. The second-order valence-corrected chi connectivity index (χ2v) is 8.26. The molecule has 0 aliphatic rings. The van der Waals surface area contributed by atoms with Gasteiger partial charge < -0.3 is 9.30 Å². The van der Waals surface area contributed by atoms with Crippen LogP contribution in [0.2, 0.25) is 0 Å². The van der Waals surface area contributed by atoms with Crippen molar-refractivity contribution in [3.63, 3.8) is 0 Å². The Bertz CT molecular complexity index is 1280. The molecule has 0 saturated heterocycles. The van der Waals surface area contributed by atoms with Gasteiger partial charge in [0.2, 0.25) is 5.88 Å². The molecule has 0 bridgehead atoms. The van der Waals surface area contributed by atoms with Gasteiger partial charge in [-0.25, -0.2) is 13.4 Å². The molecule has 4 aromatic rings. The zero-order valence-electron chi connectivity index (χ0n) is 16.7. The topological polar surface area (TPSA) is 86.1 Å². The molecular weight excluding hydrogens is 412 g/mol. The molecule has 0 aliphatic heterocycles. The Labute approximate surface area is 180 Å². The van der Waals surface area contributed by atoms with Crippen molar-refractivity contribution in [2.24, 2.45) is 0 Å². The molecule has 0 unspecified atom stereocenters. The Balaban J connectivity index is 1.45. The zero-order chi connectivity index (χ0) is 21.7. The molecule has 1 N–H and O–H groups in total. The number of nitrogens with one attached hydrogen (secondary N) is 1. The number of hydrogen-bond acceptors (Lipinski definition) is 5. The van der Waals surface area contributed by atoms with Crippen LogP contribution in [0.5, 0.6) is 11.6 Å². The van der Waals surface area contributed by atoms with Gasteiger partial charge in [0.15, 0.2) is 0 Å². The van der Waals surface area contributed by atoms with Crippen LogP contribution in [0.1, 0.15) is 11.4 Å². The summed E-state index contributed by atoms with van der Waals surface area (Å²) in [5.74, 6) is 2.20. The first kappa shape index (κ1) is 20.4. The molecule has 0 atom stereocenters. The van der Waals surface area contributed by atoms with Gasteiger partial charge in [0.25, 0.3) is 10.0 Å². The van der Waals surface area contributed by atoms with Crippen LogP contribution in [0.4, 0.5) is 5.69 Å². The van der Waals surface area contributed by atoms with Gasteiger partial charge >= 0.3 is 0 Å². The van der Waals surface area contributed by atoms with Crippen molar-refractivity contribution < 1.29 is 13.2 Å². The number of anilines is 1. The van der Waals surface area contributed by atoms with Gasteiger partial charge in [-0.1, -0.05) is 30.3 Å². The van der Waals surface area contributed by atoms with Gasteiger partial charge in [-0.3, -0.25) is 4.72 Å². The van der Waals surface area contributed by atoms with E-state index in [4.69, 9.17) is 4.74 Å². The third kappa shape index (κ3) is 5.58. The molecule has 2 aromatic carbocycles. The SMILES string of the molecule is Cc1nc(Oc2ccc(NS(=O)(=O)/C=C/c3ccccc3)cc2)cc(-n2cccc2)n1. The van der Waals surface area contributed by atoms with Gasteiger partial charge in [0.1, 0.15) is 17.4 Å². The van der Waals surface area contributed by atoms with E-state index in [-0.39, 0.29) is 0 Å². The van der Waals surface area contributed by atoms with E-state index in [0.29, 0.717) is 29.0 Å². The summed E-state index contributed by atoms with van der Waals surface area (Å²) in [4.78, 5) is 8.71. The predicted molar refractivity (Wildman–Crippen MR) is 121 cm³/mol. The highest BCUT2D eigenvalue weighted by atomic mass is 32.2. The maximum Gasteiger partial charge on any atom is 0.255 e. The maximum absolute atomic E-state index is 12.3. The molecule has 0 saturated carbocycles. The average molecular weight is 433 g/mol. The minimum Gasteiger partial charge on any atom is -0.439 e. The van der Waals surface area contributed by atoms with Crippen molar-refractivity contribution >= 4 is 21.8 Å². The lowest BCUT2D eigenvalue weighted by atomic mass is 10.2. The molecule has 0 aliphatic carbocycles. The number of sulfonamides is 1. The Kier molecular flexibility index (Phi) is 5.81. The zero-order valence-corrected chi connectivity index (χ0v) is 17.5. The lowest BCUT2D eigenvalue weighted by Crippen LogP contribution is -2.08. The molecule has 0 radical (unpaired) electrons. The van der Waals surface area contributed by atoms with E-state index < -0.39 is 10.0 Å². The van der Waals surface area contributed by atoms with Gasteiger partial charge in [-0.15, -0.1) is 0 Å². The van der Waals surface area contributed by atoms with Crippen molar-refractivity contribution in [1.82, 2.24) is 14.5 Å². The van der Waals surface area contributed by atoms with E-state index in [1.165, 1.54) is 0 Å². The first-order chi connectivity index (χ1) is 15.0. The van der Waals surface area contributed by atoms with Crippen LogP contribution in [0.15, 0.2) is 90.6 Å². The number of rotatable bonds is 7. The summed E-state index contributed by atoms with van der Waals surface area (Å²) < 4.78 is 34.8. The van der Waals surface area contributed by atoms with Crippen LogP contribution in [0, 0.1) is 6.92 Å². The normalized spacial score (nSPS) is 11.5. The van der Waals surface area contributed by atoms with E-state index in [1.807, 2.05) is 59.4 Å². The fraction of sp³-hybridized carbons (Fsp3) is 0.0435. The first-order valence-corrected chi connectivity index (χ1v) is 11.0. The summed E-state index contributed by atoms with van der Waals surface area (Å²) in [6.45, 7) is 1.79. The molecule has 31 heavy (non-hydrogen) atoms. The van der Waals surface area contributed by atoms with Crippen molar-refractivity contribution in [2.45, 2.75) is 6.92 Å². The molecule has 0 spiro atoms. The number of aromatic nitrogens is 3. The molecule has 0 amide bonds. The highest BCUT2D eigenvalue weighted by molar-refractivity contribution is 7.95. The van der Waals surface area contributed by atoms with Crippen LogP contribution in [0.3, 0.4) is 0 Å². The largest absolute Gasteiger partial charge is 0.439 e. The van der Waals surface area contributed by atoms with Crippen LogP contribution in [-0.2, 0) is 10.0 Å². The van der Waals surface area contributed by atoms with Gasteiger partial charge in [-0.05, 0) is 55.0 Å². The summed E-state index contributed by atoms with van der Waals surface area (Å²) in [6.07, 6.45) is 5.32.